The minimum Gasteiger partial charge on any atom is -0.291 e. The number of hydrogen-bond donors (Lipinski definition) is 2. The Morgan fingerprint density at radius 3 is 2.85 bits per heavy atom. The van der Waals surface area contributed by atoms with Gasteiger partial charge in [-0.25, -0.2) is 10.4 Å². The Hall–Kier alpha value is -2.43. The molecule has 5 nitrogen and oxygen atoms in total. The van der Waals surface area contributed by atoms with E-state index in [9.17, 15) is 4.79 Å². The molecule has 0 aliphatic heterocycles. The maximum absolute atomic E-state index is 11.3. The first-order chi connectivity index (χ1) is 9.70. The number of fused-ring (bicyclic) bond motifs is 1. The molecule has 5 heteroatoms. The Balaban J connectivity index is 1.76. The minimum atomic E-state index is -0.172. The fraction of sp³-hybridized carbons (Fsp3) is 0.267. The maximum Gasteiger partial charge on any atom is 0.252 e. The van der Waals surface area contributed by atoms with Crippen molar-refractivity contribution in [1.82, 2.24) is 9.97 Å². The highest BCUT2D eigenvalue weighted by atomic mass is 16.1. The third-order valence-electron chi connectivity index (χ3n) is 3.39. The molecule has 102 valence electrons. The Bertz CT molecular complexity index is 718. The average molecular weight is 268 g/mol. The van der Waals surface area contributed by atoms with Crippen LogP contribution in [-0.2, 0) is 12.8 Å². The first kappa shape index (κ1) is 12.6. The van der Waals surface area contributed by atoms with Crippen molar-refractivity contribution in [2.75, 3.05) is 5.43 Å². The molecule has 2 N–H and O–H groups in total. The van der Waals surface area contributed by atoms with Crippen molar-refractivity contribution in [3.63, 3.8) is 0 Å². The minimum absolute atomic E-state index is 0.172. The second-order valence-corrected chi connectivity index (χ2v) is 4.97. The average Bonchev–Trinajstić information content (AvgIpc) is 2.44. The Morgan fingerprint density at radius 2 is 2.05 bits per heavy atom. The van der Waals surface area contributed by atoms with Gasteiger partial charge in [0.05, 0.1) is 0 Å². The van der Waals surface area contributed by atoms with Crippen LogP contribution in [0, 0.1) is 6.92 Å². The SMILES string of the molecule is Cc1cc(=O)[nH]c(N/N=C2\CCc3ccccc3C2)n1. The summed E-state index contributed by atoms with van der Waals surface area (Å²) in [6.07, 6.45) is 2.79. The highest BCUT2D eigenvalue weighted by molar-refractivity contribution is 5.89. The van der Waals surface area contributed by atoms with Crippen molar-refractivity contribution < 1.29 is 0 Å². The lowest BCUT2D eigenvalue weighted by Gasteiger charge is -2.17. The number of aryl methyl sites for hydroxylation is 2. The Morgan fingerprint density at radius 1 is 1.25 bits per heavy atom. The molecular weight excluding hydrogens is 252 g/mol. The number of nitrogens with zero attached hydrogens (tertiary/aromatic N) is 2. The molecular formula is C15H16N4O. The Labute approximate surface area is 116 Å². The number of H-pyrrole nitrogens is 1. The van der Waals surface area contributed by atoms with Gasteiger partial charge in [-0.1, -0.05) is 24.3 Å². The van der Waals surface area contributed by atoms with Crippen LogP contribution in [0.1, 0.15) is 23.2 Å². The fourth-order valence-electron chi connectivity index (χ4n) is 2.42. The summed E-state index contributed by atoms with van der Waals surface area (Å²) >= 11 is 0. The van der Waals surface area contributed by atoms with Gasteiger partial charge in [-0.3, -0.25) is 9.78 Å². The van der Waals surface area contributed by atoms with Gasteiger partial charge in [0, 0.05) is 23.9 Å². The van der Waals surface area contributed by atoms with Crippen molar-refractivity contribution in [2.24, 2.45) is 5.10 Å². The predicted molar refractivity (Wildman–Crippen MR) is 79.1 cm³/mol. The van der Waals surface area contributed by atoms with E-state index in [1.54, 1.807) is 6.92 Å². The van der Waals surface area contributed by atoms with Gasteiger partial charge in [-0.15, -0.1) is 0 Å². The third-order valence-corrected chi connectivity index (χ3v) is 3.39. The van der Waals surface area contributed by atoms with Crippen LogP contribution in [0.2, 0.25) is 0 Å². The standard InChI is InChI=1S/C15H16N4O/c1-10-8-14(20)17-15(16-10)19-18-13-7-6-11-4-2-3-5-12(11)9-13/h2-5,8H,6-7,9H2,1H3,(H2,16,17,19,20)/b18-13+. The summed E-state index contributed by atoms with van der Waals surface area (Å²) in [6, 6.07) is 9.88. The van der Waals surface area contributed by atoms with Crippen LogP contribution < -0.4 is 11.0 Å². The third kappa shape index (κ3) is 2.77. The number of aromatic amines is 1. The van der Waals surface area contributed by atoms with Gasteiger partial charge in [-0.05, 0) is 30.9 Å². The summed E-state index contributed by atoms with van der Waals surface area (Å²) in [5, 5.41) is 4.37. The predicted octanol–water partition coefficient (Wildman–Crippen LogP) is 2.04. The van der Waals surface area contributed by atoms with E-state index >= 15 is 0 Å². The summed E-state index contributed by atoms with van der Waals surface area (Å²) in [5.41, 5.74) is 7.15. The molecule has 2 aromatic rings. The summed E-state index contributed by atoms with van der Waals surface area (Å²) in [4.78, 5) is 18.2. The maximum atomic E-state index is 11.3. The molecule has 0 radical (unpaired) electrons. The molecule has 1 aliphatic rings. The quantitative estimate of drug-likeness (QED) is 0.819. The topological polar surface area (TPSA) is 70.1 Å². The van der Waals surface area contributed by atoms with Crippen LogP contribution in [0.15, 0.2) is 40.2 Å². The van der Waals surface area contributed by atoms with Crippen LogP contribution in [0.5, 0.6) is 0 Å². The van der Waals surface area contributed by atoms with Crippen molar-refractivity contribution >= 4 is 11.7 Å². The van der Waals surface area contributed by atoms with E-state index in [2.05, 4.69) is 44.8 Å². The molecule has 1 heterocycles. The molecule has 20 heavy (non-hydrogen) atoms. The zero-order valence-corrected chi connectivity index (χ0v) is 11.3. The molecule has 0 fully saturated rings. The number of nitrogens with one attached hydrogen (secondary N) is 2. The van der Waals surface area contributed by atoms with Gasteiger partial charge in [0.2, 0.25) is 5.95 Å². The smallest absolute Gasteiger partial charge is 0.252 e. The molecule has 0 saturated heterocycles. The number of rotatable bonds is 2. The van der Waals surface area contributed by atoms with Gasteiger partial charge in [0.15, 0.2) is 0 Å². The van der Waals surface area contributed by atoms with E-state index in [-0.39, 0.29) is 5.56 Å². The second-order valence-electron chi connectivity index (χ2n) is 4.97. The zero-order chi connectivity index (χ0) is 13.9. The van der Waals surface area contributed by atoms with E-state index in [0.29, 0.717) is 11.6 Å². The molecule has 0 amide bonds. The highest BCUT2D eigenvalue weighted by Gasteiger charge is 2.13. The summed E-state index contributed by atoms with van der Waals surface area (Å²) in [6.45, 7) is 1.78. The van der Waals surface area contributed by atoms with Crippen LogP contribution in [0.4, 0.5) is 5.95 Å². The lowest BCUT2D eigenvalue weighted by Crippen LogP contribution is -2.16. The summed E-state index contributed by atoms with van der Waals surface area (Å²) in [7, 11) is 0. The lowest BCUT2D eigenvalue weighted by molar-refractivity contribution is 0.936. The number of benzene rings is 1. The van der Waals surface area contributed by atoms with Crippen LogP contribution in [-0.4, -0.2) is 15.7 Å². The van der Waals surface area contributed by atoms with E-state index in [4.69, 9.17) is 0 Å². The van der Waals surface area contributed by atoms with Gasteiger partial charge in [0.1, 0.15) is 0 Å². The first-order valence-corrected chi connectivity index (χ1v) is 6.67. The molecule has 1 aliphatic carbocycles. The van der Waals surface area contributed by atoms with E-state index in [0.717, 1.165) is 25.0 Å². The first-order valence-electron chi connectivity index (χ1n) is 6.67. The molecule has 0 spiro atoms. The molecule has 0 saturated carbocycles. The number of aromatic nitrogens is 2. The second kappa shape index (κ2) is 5.28. The highest BCUT2D eigenvalue weighted by Crippen LogP contribution is 2.19. The van der Waals surface area contributed by atoms with Gasteiger partial charge in [0.25, 0.3) is 5.56 Å². The summed E-state index contributed by atoms with van der Waals surface area (Å²) < 4.78 is 0. The van der Waals surface area contributed by atoms with Crippen molar-refractivity contribution in [3.8, 4) is 0 Å². The van der Waals surface area contributed by atoms with Crippen molar-refractivity contribution in [3.05, 3.63) is 57.5 Å². The molecule has 3 rings (SSSR count). The number of anilines is 1. The van der Waals surface area contributed by atoms with Crippen LogP contribution in [0.25, 0.3) is 0 Å². The van der Waals surface area contributed by atoms with Gasteiger partial charge < -0.3 is 0 Å². The largest absolute Gasteiger partial charge is 0.291 e. The number of hydrogen-bond acceptors (Lipinski definition) is 4. The van der Waals surface area contributed by atoms with Gasteiger partial charge >= 0.3 is 0 Å². The van der Waals surface area contributed by atoms with Crippen molar-refractivity contribution in [2.45, 2.75) is 26.2 Å². The zero-order valence-electron chi connectivity index (χ0n) is 11.3. The normalized spacial score (nSPS) is 15.9. The van der Waals surface area contributed by atoms with Gasteiger partial charge in [-0.2, -0.15) is 5.10 Å². The Kier molecular flexibility index (Phi) is 3.33. The van der Waals surface area contributed by atoms with Crippen molar-refractivity contribution in [1.29, 1.82) is 0 Å². The number of hydrazone groups is 1. The van der Waals surface area contributed by atoms with E-state index in [1.165, 1.54) is 17.2 Å². The molecule has 0 unspecified atom stereocenters. The lowest BCUT2D eigenvalue weighted by atomic mass is 9.90. The molecule has 0 bridgehead atoms. The van der Waals surface area contributed by atoms with Crippen LogP contribution in [0.3, 0.4) is 0 Å². The van der Waals surface area contributed by atoms with Crippen LogP contribution >= 0.6 is 0 Å². The molecule has 0 atom stereocenters. The van der Waals surface area contributed by atoms with E-state index in [1.807, 2.05) is 0 Å². The van der Waals surface area contributed by atoms with E-state index < -0.39 is 0 Å². The fourth-order valence-corrected chi connectivity index (χ4v) is 2.42. The molecule has 1 aromatic heterocycles. The monoisotopic (exact) mass is 268 g/mol. The molecule has 1 aromatic carbocycles. The summed E-state index contributed by atoms with van der Waals surface area (Å²) in [5.74, 6) is 0.390.